The molecule has 1 aromatic carbocycles. The van der Waals surface area contributed by atoms with Crippen LogP contribution in [0.2, 0.25) is 0 Å². The number of carbonyl (C=O) groups excluding carboxylic acids is 3. The molecule has 53 heavy (non-hydrogen) atoms. The molecule has 0 bridgehead atoms. The number of nitrogens with zero attached hydrogens (tertiary/aromatic N) is 3. The average Bonchev–Trinajstić information content (AvgIpc) is 3.97. The Bertz CT molecular complexity index is 2030. The van der Waals surface area contributed by atoms with E-state index in [1.54, 1.807) is 15.1 Å². The Morgan fingerprint density at radius 2 is 1.87 bits per heavy atom. The van der Waals surface area contributed by atoms with Gasteiger partial charge in [-0.05, 0) is 55.6 Å². The van der Waals surface area contributed by atoms with E-state index in [2.05, 4.69) is 29.1 Å². The number of fused-ring (bicyclic) bond motifs is 1. The lowest BCUT2D eigenvalue weighted by Gasteiger charge is -2.35. The number of benzene rings is 1. The molecular weight excluding hydrogens is 715 g/mol. The van der Waals surface area contributed by atoms with Gasteiger partial charge in [-0.3, -0.25) is 19.1 Å². The number of sulfonamides is 1. The number of ether oxygens (including phenoxy) is 2. The van der Waals surface area contributed by atoms with Crippen LogP contribution in [0.3, 0.4) is 0 Å². The van der Waals surface area contributed by atoms with Gasteiger partial charge in [0.15, 0.2) is 7.98 Å². The van der Waals surface area contributed by atoms with Gasteiger partial charge < -0.3 is 24.9 Å². The number of methoxy groups -OCH3 is 1. The highest BCUT2D eigenvalue weighted by Gasteiger charge is 2.62. The van der Waals surface area contributed by atoms with E-state index in [0.29, 0.717) is 48.4 Å². The lowest BCUT2D eigenvalue weighted by Crippen LogP contribution is -2.59. The molecule has 3 heterocycles. The van der Waals surface area contributed by atoms with Crippen LogP contribution in [0.5, 0.6) is 11.5 Å². The summed E-state index contributed by atoms with van der Waals surface area (Å²) in [5.41, 5.74) is 1.27. The molecule has 286 valence electrons. The first-order valence-electron chi connectivity index (χ1n) is 18.4. The van der Waals surface area contributed by atoms with Gasteiger partial charge in [-0.2, -0.15) is 0 Å². The quantitative estimate of drug-likeness (QED) is 0.219. The topological polar surface area (TPSA) is 169 Å². The third kappa shape index (κ3) is 7.64. The fourth-order valence-corrected chi connectivity index (χ4v) is 9.72. The summed E-state index contributed by atoms with van der Waals surface area (Å²) >= 11 is 1.50. The first-order chi connectivity index (χ1) is 24.9. The summed E-state index contributed by atoms with van der Waals surface area (Å²) in [6.07, 6.45) is 1.44. The van der Waals surface area contributed by atoms with Crippen molar-refractivity contribution in [3.8, 4) is 22.2 Å². The maximum Gasteiger partial charge on any atom is 0.259 e. The summed E-state index contributed by atoms with van der Waals surface area (Å²) in [6, 6.07) is 4.02. The molecule has 3 aliphatic rings. The Balaban J connectivity index is 1.34. The minimum absolute atomic E-state index is 0.112. The average molecular weight is 767 g/mol. The zero-order chi connectivity index (χ0) is 38.6. The second kappa shape index (κ2) is 14.5. The van der Waals surface area contributed by atoms with E-state index in [0.717, 1.165) is 21.7 Å². The van der Waals surface area contributed by atoms with Crippen LogP contribution in [0.15, 0.2) is 23.6 Å². The lowest BCUT2D eigenvalue weighted by molar-refractivity contribution is -0.142. The molecule has 13 nitrogen and oxygen atoms in total. The molecule has 6 rings (SSSR count). The molecule has 3 aromatic rings. The molecule has 3 fully saturated rings. The summed E-state index contributed by atoms with van der Waals surface area (Å²) in [5, 5.41) is 9.00. The SMILES string of the molecule is BN[C@H](C(=O)N1C[C@H](Oc2cc(-c3nc(C(C)C)cs3)nc3c(C)c(OC)ccc23)C[C@H]1C(=O)N[C@]1(C(=O)NS(=O)(=O)C2CC2)C[C@H]1CC)C(C)(C)C. The Morgan fingerprint density at radius 3 is 2.43 bits per heavy atom. The number of thiazole rings is 1. The van der Waals surface area contributed by atoms with Crippen LogP contribution in [-0.4, -0.2) is 91.6 Å². The molecule has 3 N–H and O–H groups in total. The standard InChI is InChI=1S/C37H51BN6O7S2/c1-9-21-16-37(21,35(47)43-53(48,49)23-10-11-23)41-32(45)27-14-22(17-44(27)34(46)31(42-38)36(5,6)7)51-29-15-25(33-40-26(18-52-33)19(2)3)39-30-20(4)28(50-8)13-12-24(29)30/h12-13,15,18-19,21-23,27,31,42H,9-11,14,16-17,38H2,1-8H3,(H,41,45)(H,43,47)/t21-,22-,27+,31-,37-/m1/s1. The molecular formula is C37H51BN6O7S2. The molecule has 1 aliphatic heterocycles. The third-order valence-electron chi connectivity index (χ3n) is 10.8. The Morgan fingerprint density at radius 1 is 1.15 bits per heavy atom. The number of hydrogen-bond acceptors (Lipinski definition) is 11. The molecule has 5 atom stereocenters. The van der Waals surface area contributed by atoms with Crippen LogP contribution in [0.4, 0.5) is 0 Å². The number of amides is 3. The first-order valence-corrected chi connectivity index (χ1v) is 20.8. The molecule has 2 saturated carbocycles. The monoisotopic (exact) mass is 766 g/mol. The van der Waals surface area contributed by atoms with Crippen LogP contribution in [0.25, 0.3) is 21.6 Å². The maximum absolute atomic E-state index is 14.3. The summed E-state index contributed by atoms with van der Waals surface area (Å²) in [7, 11) is -0.500. The highest BCUT2D eigenvalue weighted by molar-refractivity contribution is 7.91. The van der Waals surface area contributed by atoms with Gasteiger partial charge in [0.2, 0.25) is 21.8 Å². The number of aryl methyl sites for hydroxylation is 1. The van der Waals surface area contributed by atoms with Gasteiger partial charge in [-0.15, -0.1) is 11.3 Å². The minimum Gasteiger partial charge on any atom is -0.496 e. The second-order valence-electron chi connectivity index (χ2n) is 16.0. The fourth-order valence-electron chi connectivity index (χ4n) is 7.42. The van der Waals surface area contributed by atoms with E-state index >= 15 is 0 Å². The van der Waals surface area contributed by atoms with Crippen molar-refractivity contribution in [3.63, 3.8) is 0 Å². The molecule has 0 spiro atoms. The second-order valence-corrected chi connectivity index (χ2v) is 18.9. The Labute approximate surface area is 316 Å². The van der Waals surface area contributed by atoms with Gasteiger partial charge in [-0.1, -0.05) is 48.0 Å². The number of likely N-dealkylation sites (tertiary alicyclic amines) is 1. The van der Waals surface area contributed by atoms with E-state index in [4.69, 9.17) is 19.4 Å². The molecule has 16 heteroatoms. The van der Waals surface area contributed by atoms with Gasteiger partial charge in [0, 0.05) is 28.8 Å². The largest absolute Gasteiger partial charge is 0.496 e. The zero-order valence-electron chi connectivity index (χ0n) is 32.0. The van der Waals surface area contributed by atoms with Crippen LogP contribution in [-0.2, 0) is 24.4 Å². The lowest BCUT2D eigenvalue weighted by atomic mass is 9.84. The van der Waals surface area contributed by atoms with Crippen LogP contribution >= 0.6 is 11.3 Å². The van der Waals surface area contributed by atoms with Crippen LogP contribution < -0.4 is 24.7 Å². The summed E-state index contributed by atoms with van der Waals surface area (Å²) in [6.45, 7) is 14.0. The van der Waals surface area contributed by atoms with Gasteiger partial charge in [0.05, 0.1) is 36.2 Å². The predicted octanol–water partition coefficient (Wildman–Crippen LogP) is 3.59. The van der Waals surface area contributed by atoms with Gasteiger partial charge in [-0.25, -0.2) is 18.4 Å². The van der Waals surface area contributed by atoms with Crippen molar-refractivity contribution in [1.29, 1.82) is 0 Å². The Hall–Kier alpha value is -3.76. The van der Waals surface area contributed by atoms with Crippen molar-refractivity contribution in [2.75, 3.05) is 13.7 Å². The third-order valence-corrected chi connectivity index (χ3v) is 13.5. The van der Waals surface area contributed by atoms with E-state index in [-0.39, 0.29) is 30.7 Å². The zero-order valence-corrected chi connectivity index (χ0v) is 33.7. The number of rotatable bonds is 13. The van der Waals surface area contributed by atoms with E-state index in [9.17, 15) is 22.8 Å². The van der Waals surface area contributed by atoms with E-state index < -0.39 is 56.2 Å². The highest BCUT2D eigenvalue weighted by Crippen LogP contribution is 2.47. The molecule has 2 aliphatic carbocycles. The molecule has 0 unspecified atom stereocenters. The van der Waals surface area contributed by atoms with Crippen molar-refractivity contribution in [3.05, 3.63) is 34.8 Å². The van der Waals surface area contributed by atoms with E-state index in [1.165, 1.54) is 16.2 Å². The van der Waals surface area contributed by atoms with E-state index in [1.807, 2.05) is 58.2 Å². The minimum atomic E-state index is -3.83. The summed E-state index contributed by atoms with van der Waals surface area (Å²) in [5.74, 6) is -0.290. The highest BCUT2D eigenvalue weighted by atomic mass is 32.2. The van der Waals surface area contributed by atoms with Gasteiger partial charge >= 0.3 is 0 Å². The number of carbonyl (C=O) groups is 3. The molecule has 1 saturated heterocycles. The van der Waals surface area contributed by atoms with Crippen molar-refractivity contribution in [2.45, 2.75) is 115 Å². The van der Waals surface area contributed by atoms with Crippen molar-refractivity contribution >= 4 is 58.0 Å². The van der Waals surface area contributed by atoms with Crippen molar-refractivity contribution in [1.82, 2.24) is 30.1 Å². The molecule has 3 amide bonds. The number of hydrogen-bond donors (Lipinski definition) is 3. The van der Waals surface area contributed by atoms with Gasteiger partial charge in [0.25, 0.3) is 5.91 Å². The molecule has 0 radical (unpaired) electrons. The van der Waals surface area contributed by atoms with Crippen molar-refractivity contribution in [2.24, 2.45) is 11.3 Å². The van der Waals surface area contributed by atoms with Gasteiger partial charge in [0.1, 0.15) is 39.9 Å². The maximum atomic E-state index is 14.3. The Kier molecular flexibility index (Phi) is 10.6. The fraction of sp³-hybridized carbons (Fsp3) is 0.595. The normalized spacial score (nSPS) is 23.6. The van der Waals surface area contributed by atoms with Crippen LogP contribution in [0.1, 0.15) is 90.8 Å². The smallest absolute Gasteiger partial charge is 0.259 e. The first kappa shape index (κ1) is 39.0. The summed E-state index contributed by atoms with van der Waals surface area (Å²) in [4.78, 5) is 53.6. The van der Waals surface area contributed by atoms with Crippen molar-refractivity contribution < 1.29 is 32.3 Å². The number of aromatic nitrogens is 2. The molecule has 2 aromatic heterocycles. The number of nitrogens with one attached hydrogen (secondary N) is 3. The number of pyridine rings is 1. The van der Waals surface area contributed by atoms with Crippen LogP contribution in [0, 0.1) is 18.3 Å². The predicted molar refractivity (Wildman–Crippen MR) is 207 cm³/mol. The summed E-state index contributed by atoms with van der Waals surface area (Å²) < 4.78 is 40.1.